The van der Waals surface area contributed by atoms with Crippen molar-refractivity contribution in [3.8, 4) is 45.4 Å². The lowest BCUT2D eigenvalue weighted by Gasteiger charge is -2.09. The first-order valence-corrected chi connectivity index (χ1v) is 13.3. The van der Waals surface area contributed by atoms with Gasteiger partial charge in [0, 0.05) is 27.6 Å². The SMILES string of the molecule is N#Cc1ccc(-c2cc(-c3cccc(-c4ccc5c(c4)c4ccccc4n5-c4ccccc4)c3)nc(Cl)n2)cc1. The Hall–Kier alpha value is -5.24. The van der Waals surface area contributed by atoms with Crippen LogP contribution in [0.1, 0.15) is 5.56 Å². The molecule has 0 fully saturated rings. The standard InChI is InChI=1S/C35H21ClN4/c36-35-38-31(24-15-13-23(22-37)14-16-24)21-32(39-35)27-8-6-7-25(19-27)26-17-18-34-30(20-26)29-11-4-5-12-33(29)40(34)28-9-2-1-3-10-28/h1-21H. The zero-order valence-electron chi connectivity index (χ0n) is 21.3. The summed E-state index contributed by atoms with van der Waals surface area (Å²) in [6, 6.07) is 45.4. The van der Waals surface area contributed by atoms with Gasteiger partial charge in [-0.05, 0) is 77.3 Å². The molecule has 0 spiro atoms. The maximum atomic E-state index is 9.12. The quantitative estimate of drug-likeness (QED) is 0.212. The molecular weight excluding hydrogens is 512 g/mol. The van der Waals surface area contributed by atoms with Crippen molar-refractivity contribution < 1.29 is 0 Å². The molecule has 0 N–H and O–H groups in total. The number of para-hydroxylation sites is 2. The van der Waals surface area contributed by atoms with Crippen LogP contribution >= 0.6 is 11.6 Å². The summed E-state index contributed by atoms with van der Waals surface area (Å²) >= 11 is 6.36. The average molecular weight is 533 g/mol. The summed E-state index contributed by atoms with van der Waals surface area (Å²) in [7, 11) is 0. The molecule has 0 amide bonds. The Balaban J connectivity index is 1.33. The Morgan fingerprint density at radius 2 is 1.20 bits per heavy atom. The highest BCUT2D eigenvalue weighted by molar-refractivity contribution is 6.28. The van der Waals surface area contributed by atoms with Crippen molar-refractivity contribution in [1.82, 2.24) is 14.5 Å². The zero-order valence-corrected chi connectivity index (χ0v) is 22.0. The summed E-state index contributed by atoms with van der Waals surface area (Å²) in [6.07, 6.45) is 0. The monoisotopic (exact) mass is 532 g/mol. The summed E-state index contributed by atoms with van der Waals surface area (Å²) in [5.41, 5.74) is 9.57. The van der Waals surface area contributed by atoms with Crippen molar-refractivity contribution in [3.63, 3.8) is 0 Å². The number of rotatable bonds is 4. The van der Waals surface area contributed by atoms with E-state index in [1.54, 1.807) is 12.1 Å². The molecule has 0 saturated heterocycles. The molecule has 0 unspecified atom stereocenters. The van der Waals surface area contributed by atoms with Crippen LogP contribution in [-0.4, -0.2) is 14.5 Å². The van der Waals surface area contributed by atoms with E-state index < -0.39 is 0 Å². The zero-order chi connectivity index (χ0) is 27.1. The average Bonchev–Trinajstić information content (AvgIpc) is 3.35. The third kappa shape index (κ3) is 4.19. The fourth-order valence-corrected chi connectivity index (χ4v) is 5.48. The van der Waals surface area contributed by atoms with Crippen molar-refractivity contribution in [2.45, 2.75) is 0 Å². The van der Waals surface area contributed by atoms with Crippen molar-refractivity contribution in [1.29, 1.82) is 5.26 Å². The second-order valence-corrected chi connectivity index (χ2v) is 9.94. The Labute approximate surface area is 236 Å². The van der Waals surface area contributed by atoms with Crippen LogP contribution in [0.3, 0.4) is 0 Å². The van der Waals surface area contributed by atoms with Crippen molar-refractivity contribution >= 4 is 33.4 Å². The molecule has 0 radical (unpaired) electrons. The van der Waals surface area contributed by atoms with Gasteiger partial charge in [-0.2, -0.15) is 5.26 Å². The van der Waals surface area contributed by atoms with Crippen LogP contribution < -0.4 is 0 Å². The van der Waals surface area contributed by atoms with Crippen molar-refractivity contribution in [2.75, 3.05) is 0 Å². The normalized spacial score (nSPS) is 11.1. The molecular formula is C35H21ClN4. The molecule has 0 aliphatic heterocycles. The number of fused-ring (bicyclic) bond motifs is 3. The Morgan fingerprint density at radius 1 is 0.550 bits per heavy atom. The number of nitrogens with zero attached hydrogens (tertiary/aromatic N) is 4. The van der Waals surface area contributed by atoms with Crippen LogP contribution in [0.5, 0.6) is 0 Å². The van der Waals surface area contributed by atoms with Crippen LogP contribution in [0.2, 0.25) is 5.28 Å². The second-order valence-electron chi connectivity index (χ2n) is 9.60. The molecule has 7 rings (SSSR count). The molecule has 0 bridgehead atoms. The minimum Gasteiger partial charge on any atom is -0.309 e. The van der Waals surface area contributed by atoms with Crippen LogP contribution in [0.25, 0.3) is 61.1 Å². The van der Waals surface area contributed by atoms with Gasteiger partial charge in [0.2, 0.25) is 5.28 Å². The van der Waals surface area contributed by atoms with Crippen molar-refractivity contribution in [3.05, 3.63) is 138 Å². The van der Waals surface area contributed by atoms with Gasteiger partial charge < -0.3 is 4.57 Å². The van der Waals surface area contributed by atoms with Gasteiger partial charge in [0.1, 0.15) is 0 Å². The Bertz CT molecular complexity index is 2070. The summed E-state index contributed by atoms with van der Waals surface area (Å²) < 4.78 is 2.32. The van der Waals surface area contributed by atoms with Crippen molar-refractivity contribution in [2.24, 2.45) is 0 Å². The fraction of sp³-hybridized carbons (Fsp3) is 0. The summed E-state index contributed by atoms with van der Waals surface area (Å²) in [5, 5.41) is 11.7. The molecule has 0 aliphatic carbocycles. The number of hydrogen-bond donors (Lipinski definition) is 0. The summed E-state index contributed by atoms with van der Waals surface area (Å²) in [5.74, 6) is 0. The van der Waals surface area contributed by atoms with E-state index in [9.17, 15) is 0 Å². The lowest BCUT2D eigenvalue weighted by molar-refractivity contribution is 1.18. The smallest absolute Gasteiger partial charge is 0.223 e. The van der Waals surface area contributed by atoms with Gasteiger partial charge in [0.15, 0.2) is 0 Å². The third-order valence-corrected chi connectivity index (χ3v) is 7.36. The second kappa shape index (κ2) is 9.81. The third-order valence-electron chi connectivity index (χ3n) is 7.19. The first-order chi connectivity index (χ1) is 19.7. The van der Waals surface area contributed by atoms with Gasteiger partial charge in [0.25, 0.3) is 0 Å². The fourth-order valence-electron chi connectivity index (χ4n) is 5.29. The Morgan fingerprint density at radius 3 is 2.00 bits per heavy atom. The molecule has 5 aromatic carbocycles. The van der Waals surface area contributed by atoms with E-state index in [0.717, 1.165) is 33.6 Å². The van der Waals surface area contributed by atoms with Gasteiger partial charge in [0.05, 0.1) is 34.1 Å². The maximum absolute atomic E-state index is 9.12. The number of hydrogen-bond acceptors (Lipinski definition) is 3. The van der Waals surface area contributed by atoms with Crippen LogP contribution in [0, 0.1) is 11.3 Å². The van der Waals surface area contributed by atoms with Gasteiger partial charge in [-0.1, -0.05) is 72.8 Å². The predicted molar refractivity (Wildman–Crippen MR) is 162 cm³/mol. The highest BCUT2D eigenvalue weighted by Gasteiger charge is 2.14. The number of halogens is 1. The molecule has 40 heavy (non-hydrogen) atoms. The van der Waals surface area contributed by atoms with Crippen LogP contribution in [-0.2, 0) is 0 Å². The van der Waals surface area contributed by atoms with E-state index >= 15 is 0 Å². The van der Waals surface area contributed by atoms with E-state index in [-0.39, 0.29) is 5.28 Å². The topological polar surface area (TPSA) is 54.5 Å². The highest BCUT2D eigenvalue weighted by Crippen LogP contribution is 2.36. The number of benzene rings is 5. The minimum absolute atomic E-state index is 0.178. The van der Waals surface area contributed by atoms with E-state index in [2.05, 4.69) is 99.5 Å². The molecule has 2 heterocycles. The largest absolute Gasteiger partial charge is 0.309 e. The molecule has 0 saturated carbocycles. The van der Waals surface area contributed by atoms with E-state index in [4.69, 9.17) is 16.9 Å². The lowest BCUT2D eigenvalue weighted by atomic mass is 9.99. The Kier molecular flexibility index (Phi) is 5.85. The first-order valence-electron chi connectivity index (χ1n) is 12.9. The van der Waals surface area contributed by atoms with E-state index in [1.165, 1.54) is 21.8 Å². The van der Waals surface area contributed by atoms with E-state index in [1.807, 2.05) is 36.4 Å². The van der Waals surface area contributed by atoms with Crippen LogP contribution in [0.15, 0.2) is 127 Å². The molecule has 0 atom stereocenters. The summed E-state index contributed by atoms with van der Waals surface area (Å²) in [4.78, 5) is 8.95. The molecule has 2 aromatic heterocycles. The maximum Gasteiger partial charge on any atom is 0.223 e. The molecule has 188 valence electrons. The molecule has 5 heteroatoms. The van der Waals surface area contributed by atoms with Gasteiger partial charge in [-0.25, -0.2) is 9.97 Å². The summed E-state index contributed by atoms with van der Waals surface area (Å²) in [6.45, 7) is 0. The minimum atomic E-state index is 0.178. The first kappa shape index (κ1) is 23.8. The van der Waals surface area contributed by atoms with Gasteiger partial charge in [-0.15, -0.1) is 0 Å². The number of aromatic nitrogens is 3. The molecule has 4 nitrogen and oxygen atoms in total. The highest BCUT2D eigenvalue weighted by atomic mass is 35.5. The molecule has 0 aliphatic rings. The predicted octanol–water partition coefficient (Wildman–Crippen LogP) is 9.10. The number of nitriles is 1. The van der Waals surface area contributed by atoms with E-state index in [0.29, 0.717) is 11.3 Å². The van der Waals surface area contributed by atoms with Gasteiger partial charge >= 0.3 is 0 Å². The van der Waals surface area contributed by atoms with Gasteiger partial charge in [-0.3, -0.25) is 0 Å². The van der Waals surface area contributed by atoms with Crippen LogP contribution in [0.4, 0.5) is 0 Å². The lowest BCUT2D eigenvalue weighted by Crippen LogP contribution is -1.93. The molecule has 7 aromatic rings.